The molecule has 4 heterocycles. The first-order valence-corrected chi connectivity index (χ1v) is 22.5. The van der Waals surface area contributed by atoms with E-state index >= 15 is 0 Å². The van der Waals surface area contributed by atoms with Gasteiger partial charge in [0.1, 0.15) is 11.2 Å². The molecule has 0 aliphatic heterocycles. The summed E-state index contributed by atoms with van der Waals surface area (Å²) in [5.41, 5.74) is 21.5. The Kier molecular flexibility index (Phi) is 7.02. The van der Waals surface area contributed by atoms with Crippen LogP contribution in [0, 0.1) is 0 Å². The fourth-order valence-electron chi connectivity index (χ4n) is 11.0. The van der Waals surface area contributed by atoms with Crippen LogP contribution in [0.2, 0.25) is 0 Å². The largest absolute Gasteiger partial charge is 0.455 e. The molecular formula is C58H37N3OS. The van der Waals surface area contributed by atoms with E-state index in [0.29, 0.717) is 0 Å². The number of para-hydroxylation sites is 3. The molecule has 0 radical (unpaired) electrons. The van der Waals surface area contributed by atoms with E-state index in [9.17, 15) is 0 Å². The lowest BCUT2D eigenvalue weighted by molar-refractivity contribution is 0.660. The number of aromatic nitrogens is 2. The van der Waals surface area contributed by atoms with Gasteiger partial charge in [0, 0.05) is 65.9 Å². The van der Waals surface area contributed by atoms with Crippen molar-refractivity contribution in [3.05, 3.63) is 199 Å². The van der Waals surface area contributed by atoms with Crippen LogP contribution in [-0.2, 0) is 5.41 Å². The summed E-state index contributed by atoms with van der Waals surface area (Å²) in [7, 11) is 0. The molecule has 0 saturated carbocycles. The van der Waals surface area contributed by atoms with Gasteiger partial charge in [-0.3, -0.25) is 0 Å². The molecule has 14 rings (SSSR count). The zero-order chi connectivity index (χ0) is 41.6. The average Bonchev–Trinajstić information content (AvgIpc) is 4.15. The van der Waals surface area contributed by atoms with Crippen LogP contribution in [0.15, 0.2) is 192 Å². The normalized spacial score (nSPS) is 13.4. The molecule has 4 nitrogen and oxygen atoms in total. The molecule has 296 valence electrons. The Bertz CT molecular complexity index is 4000. The molecule has 13 aromatic rings. The van der Waals surface area contributed by atoms with Gasteiger partial charge in [-0.25, -0.2) is 4.98 Å². The molecule has 1 aliphatic carbocycles. The maximum Gasteiger partial charge on any atom is 0.143 e. The summed E-state index contributed by atoms with van der Waals surface area (Å²) >= 11 is 1.73. The molecule has 9 aromatic carbocycles. The number of thiazole rings is 1. The van der Waals surface area contributed by atoms with Crippen molar-refractivity contribution < 1.29 is 4.42 Å². The Morgan fingerprint density at radius 1 is 0.492 bits per heavy atom. The molecule has 4 aromatic heterocycles. The minimum Gasteiger partial charge on any atom is -0.455 e. The van der Waals surface area contributed by atoms with Gasteiger partial charge in [0.2, 0.25) is 0 Å². The predicted octanol–water partition coefficient (Wildman–Crippen LogP) is 16.5. The lowest BCUT2D eigenvalue weighted by atomic mass is 9.82. The standard InChI is InChI=1S/C58H37N3OS/c1-58(2)48-20-8-6-14-41(48)42-28-26-38(31-49(42)58)60(37-27-29-52-46(30-37)47-32-50-57(63-33-59-50)53-45-15-7-9-21-51(45)61(52)54(47)53)36-24-22-35(23-25-36)40-17-11-19-44-43-18-10-16-39(55(43)62-56(40)44)34-12-4-3-5-13-34/h3-33H,1-2H3. The van der Waals surface area contributed by atoms with Crippen molar-refractivity contribution >= 4 is 98.6 Å². The minimum atomic E-state index is -0.139. The molecule has 0 fully saturated rings. The van der Waals surface area contributed by atoms with Gasteiger partial charge in [-0.1, -0.05) is 141 Å². The van der Waals surface area contributed by atoms with Crippen LogP contribution in [-0.4, -0.2) is 9.38 Å². The van der Waals surface area contributed by atoms with Crippen molar-refractivity contribution in [3.63, 3.8) is 0 Å². The quantitative estimate of drug-likeness (QED) is 0.173. The van der Waals surface area contributed by atoms with Crippen molar-refractivity contribution in [3.8, 4) is 33.4 Å². The van der Waals surface area contributed by atoms with E-state index in [4.69, 9.17) is 9.40 Å². The molecule has 0 atom stereocenters. The number of rotatable bonds is 5. The van der Waals surface area contributed by atoms with E-state index in [2.05, 4.69) is 205 Å². The van der Waals surface area contributed by atoms with Crippen LogP contribution >= 0.6 is 11.3 Å². The average molecular weight is 824 g/mol. The number of hydrogen-bond acceptors (Lipinski definition) is 4. The second-order valence-electron chi connectivity index (χ2n) is 17.5. The van der Waals surface area contributed by atoms with Crippen LogP contribution in [0.3, 0.4) is 0 Å². The Labute approximate surface area is 366 Å². The maximum atomic E-state index is 6.85. The summed E-state index contributed by atoms with van der Waals surface area (Å²) in [4.78, 5) is 7.28. The van der Waals surface area contributed by atoms with Gasteiger partial charge in [0.15, 0.2) is 0 Å². The van der Waals surface area contributed by atoms with Gasteiger partial charge < -0.3 is 13.7 Å². The first kappa shape index (κ1) is 34.9. The fraction of sp³-hybridized carbons (Fsp3) is 0.0517. The summed E-state index contributed by atoms with van der Waals surface area (Å²) in [5.74, 6) is 0. The van der Waals surface area contributed by atoms with Crippen LogP contribution < -0.4 is 4.90 Å². The first-order valence-electron chi connectivity index (χ1n) is 21.6. The molecular weight excluding hydrogens is 787 g/mol. The van der Waals surface area contributed by atoms with E-state index in [1.807, 2.05) is 5.51 Å². The van der Waals surface area contributed by atoms with Crippen molar-refractivity contribution in [2.45, 2.75) is 19.3 Å². The van der Waals surface area contributed by atoms with Crippen molar-refractivity contribution in [1.82, 2.24) is 9.38 Å². The highest BCUT2D eigenvalue weighted by Gasteiger charge is 2.36. The molecule has 0 N–H and O–H groups in total. The Morgan fingerprint density at radius 2 is 1.11 bits per heavy atom. The summed E-state index contributed by atoms with van der Waals surface area (Å²) in [6, 6.07) is 66.6. The van der Waals surface area contributed by atoms with Gasteiger partial charge in [-0.05, 0) is 88.0 Å². The number of nitrogens with zero attached hydrogens (tertiary/aromatic N) is 3. The molecule has 0 amide bonds. The van der Waals surface area contributed by atoms with Crippen LogP contribution in [0.4, 0.5) is 17.1 Å². The Balaban J connectivity index is 0.961. The number of furan rings is 1. The molecule has 0 bridgehead atoms. The number of fused-ring (bicyclic) bond motifs is 14. The SMILES string of the molecule is CC1(C)c2ccccc2-c2ccc(N(c3ccc(-c4cccc5c4oc4c(-c6ccccc6)cccc45)cc3)c3ccc4c(c3)c3cc5ncsc5c5c6ccccc6n4c35)cc21. The molecule has 0 saturated heterocycles. The summed E-state index contributed by atoms with van der Waals surface area (Å²) < 4.78 is 10.6. The van der Waals surface area contributed by atoms with Gasteiger partial charge in [0.05, 0.1) is 32.3 Å². The second kappa shape index (κ2) is 12.7. The zero-order valence-electron chi connectivity index (χ0n) is 34.6. The van der Waals surface area contributed by atoms with E-state index in [1.165, 1.54) is 65.0 Å². The van der Waals surface area contributed by atoms with E-state index in [-0.39, 0.29) is 5.41 Å². The van der Waals surface area contributed by atoms with Gasteiger partial charge >= 0.3 is 0 Å². The van der Waals surface area contributed by atoms with Crippen molar-refractivity contribution in [2.24, 2.45) is 0 Å². The smallest absolute Gasteiger partial charge is 0.143 e. The van der Waals surface area contributed by atoms with E-state index in [1.54, 1.807) is 11.3 Å². The number of hydrogen-bond donors (Lipinski definition) is 0. The van der Waals surface area contributed by atoms with Gasteiger partial charge in [-0.15, -0.1) is 11.3 Å². The maximum absolute atomic E-state index is 6.85. The second-order valence-corrected chi connectivity index (χ2v) is 18.4. The molecule has 0 unspecified atom stereocenters. The van der Waals surface area contributed by atoms with Crippen molar-refractivity contribution in [1.29, 1.82) is 0 Å². The highest BCUT2D eigenvalue weighted by Crippen LogP contribution is 2.52. The topological polar surface area (TPSA) is 33.7 Å². The highest BCUT2D eigenvalue weighted by molar-refractivity contribution is 7.18. The lowest BCUT2D eigenvalue weighted by Crippen LogP contribution is -2.16. The van der Waals surface area contributed by atoms with Gasteiger partial charge in [-0.2, -0.15) is 0 Å². The van der Waals surface area contributed by atoms with Crippen LogP contribution in [0.1, 0.15) is 25.0 Å². The molecule has 63 heavy (non-hydrogen) atoms. The Hall–Kier alpha value is -7.73. The lowest BCUT2D eigenvalue weighted by Gasteiger charge is -2.28. The summed E-state index contributed by atoms with van der Waals surface area (Å²) in [6.07, 6.45) is 0. The first-order chi connectivity index (χ1) is 31.0. The number of benzene rings is 9. The monoisotopic (exact) mass is 823 g/mol. The van der Waals surface area contributed by atoms with E-state index in [0.717, 1.165) is 66.8 Å². The molecule has 0 spiro atoms. The van der Waals surface area contributed by atoms with Crippen LogP contribution in [0.25, 0.3) is 104 Å². The molecule has 1 aliphatic rings. The third-order valence-corrected chi connectivity index (χ3v) is 14.7. The predicted molar refractivity (Wildman–Crippen MR) is 265 cm³/mol. The van der Waals surface area contributed by atoms with Gasteiger partial charge in [0.25, 0.3) is 0 Å². The highest BCUT2D eigenvalue weighted by atomic mass is 32.1. The number of anilines is 3. The van der Waals surface area contributed by atoms with E-state index < -0.39 is 0 Å². The summed E-state index contributed by atoms with van der Waals surface area (Å²) in [6.45, 7) is 4.71. The fourth-order valence-corrected chi connectivity index (χ4v) is 11.8. The minimum absolute atomic E-state index is 0.139. The zero-order valence-corrected chi connectivity index (χ0v) is 35.4. The summed E-state index contributed by atoms with van der Waals surface area (Å²) in [5, 5.41) is 7.26. The Morgan fingerprint density at radius 3 is 1.92 bits per heavy atom. The van der Waals surface area contributed by atoms with Crippen molar-refractivity contribution in [2.75, 3.05) is 4.90 Å². The molecule has 5 heteroatoms. The third-order valence-electron chi connectivity index (χ3n) is 13.9. The third kappa shape index (κ3) is 4.77. The van der Waals surface area contributed by atoms with Crippen LogP contribution in [0.5, 0.6) is 0 Å².